The van der Waals surface area contributed by atoms with E-state index in [0.717, 1.165) is 10.8 Å². The lowest BCUT2D eigenvalue weighted by Gasteiger charge is -2.29. The molecule has 4 heterocycles. The van der Waals surface area contributed by atoms with Crippen molar-refractivity contribution < 1.29 is 18.7 Å². The zero-order chi connectivity index (χ0) is 27.0. The van der Waals surface area contributed by atoms with E-state index in [2.05, 4.69) is 4.98 Å². The number of imidazole rings is 1. The molecular weight excluding hydrogens is 511 g/mol. The van der Waals surface area contributed by atoms with Crippen molar-refractivity contribution >= 4 is 38.6 Å². The monoisotopic (exact) mass is 532 g/mol. The molecule has 0 unspecified atom stereocenters. The molecule has 4 aromatic carbocycles. The zero-order valence-corrected chi connectivity index (χ0v) is 21.1. The van der Waals surface area contributed by atoms with Crippen molar-refractivity contribution in [3.8, 4) is 22.9 Å². The van der Waals surface area contributed by atoms with Crippen LogP contribution in [0.4, 0.5) is 4.39 Å². The average molecular weight is 533 g/mol. The third-order valence-corrected chi connectivity index (χ3v) is 7.71. The van der Waals surface area contributed by atoms with Crippen LogP contribution in [0.3, 0.4) is 0 Å². The van der Waals surface area contributed by atoms with E-state index in [-0.39, 0.29) is 22.4 Å². The van der Waals surface area contributed by atoms with Gasteiger partial charge >= 0.3 is 0 Å². The Labute approximate surface area is 226 Å². The summed E-state index contributed by atoms with van der Waals surface area (Å²) in [7, 11) is 0. The van der Waals surface area contributed by atoms with Gasteiger partial charge in [0.15, 0.2) is 17.3 Å². The number of para-hydroxylation sites is 2. The number of amides is 1. The van der Waals surface area contributed by atoms with Gasteiger partial charge in [0.2, 0.25) is 5.43 Å². The Balaban J connectivity index is 1.49. The third-order valence-electron chi connectivity index (χ3n) is 7.71. The number of aromatic nitrogens is 3. The molecule has 0 N–H and O–H groups in total. The van der Waals surface area contributed by atoms with Crippen molar-refractivity contribution in [1.82, 2.24) is 19.0 Å². The van der Waals surface area contributed by atoms with Crippen molar-refractivity contribution in [2.75, 3.05) is 26.3 Å². The number of rotatable bonds is 2. The molecule has 0 bridgehead atoms. The molecule has 9 heteroatoms. The van der Waals surface area contributed by atoms with E-state index >= 15 is 4.39 Å². The number of halogens is 1. The highest BCUT2D eigenvalue weighted by Gasteiger charge is 2.32. The van der Waals surface area contributed by atoms with Crippen LogP contribution in [0.5, 0.6) is 11.5 Å². The molecule has 0 aliphatic carbocycles. The minimum Gasteiger partial charge on any atom is -0.451 e. The van der Waals surface area contributed by atoms with Gasteiger partial charge in [0.25, 0.3) is 5.91 Å². The zero-order valence-electron chi connectivity index (χ0n) is 21.1. The van der Waals surface area contributed by atoms with E-state index in [1.165, 1.54) is 6.07 Å². The summed E-state index contributed by atoms with van der Waals surface area (Å²) in [5, 5.41) is 1.90. The lowest BCUT2D eigenvalue weighted by Crippen LogP contribution is -2.42. The molecule has 40 heavy (non-hydrogen) atoms. The second-order valence-electron chi connectivity index (χ2n) is 9.92. The van der Waals surface area contributed by atoms with E-state index in [0.29, 0.717) is 54.3 Å². The van der Waals surface area contributed by atoms with Gasteiger partial charge in [0.1, 0.15) is 23.1 Å². The lowest BCUT2D eigenvalue weighted by atomic mass is 10.0. The highest BCUT2D eigenvalue weighted by molar-refractivity contribution is 6.03. The van der Waals surface area contributed by atoms with Gasteiger partial charge in [0.05, 0.1) is 35.3 Å². The van der Waals surface area contributed by atoms with Crippen LogP contribution in [-0.2, 0) is 4.74 Å². The number of carbonyl (C=O) groups is 1. The number of fused-ring (bicyclic) bond motifs is 5. The van der Waals surface area contributed by atoms with Crippen LogP contribution in [0, 0.1) is 5.82 Å². The molecule has 1 fully saturated rings. The highest BCUT2D eigenvalue weighted by Crippen LogP contribution is 2.46. The van der Waals surface area contributed by atoms with Crippen molar-refractivity contribution in [2.24, 2.45) is 0 Å². The van der Waals surface area contributed by atoms with E-state index < -0.39 is 17.2 Å². The van der Waals surface area contributed by atoms with Crippen LogP contribution in [-0.4, -0.2) is 51.2 Å². The molecule has 2 aliphatic heterocycles. The number of hydrogen-bond acceptors (Lipinski definition) is 5. The molecule has 8 nitrogen and oxygen atoms in total. The standard InChI is InChI=1S/C31H21FN4O4/c32-22-15-20-27-30(28(22)36-17-33-23-7-3-4-8-24(23)36)40-25-10-9-18-5-1-2-6-19(18)26(25)35(27)16-21(29(20)37)31(38)34-11-13-39-14-12-34/h1-10,15-17H,11-14H2. The van der Waals surface area contributed by atoms with E-state index in [1.807, 2.05) is 65.2 Å². The number of carbonyl (C=O) groups excluding carboxylic acids is 1. The molecule has 1 saturated heterocycles. The molecular formula is C31H21FN4O4. The van der Waals surface area contributed by atoms with Crippen LogP contribution in [0.1, 0.15) is 10.4 Å². The molecule has 2 aromatic heterocycles. The summed E-state index contributed by atoms with van der Waals surface area (Å²) in [6, 6.07) is 20.2. The van der Waals surface area contributed by atoms with Gasteiger partial charge in [-0.15, -0.1) is 0 Å². The molecule has 0 radical (unpaired) electrons. The van der Waals surface area contributed by atoms with Gasteiger partial charge < -0.3 is 18.9 Å². The van der Waals surface area contributed by atoms with Gasteiger partial charge in [-0.2, -0.15) is 0 Å². The van der Waals surface area contributed by atoms with E-state index in [9.17, 15) is 9.59 Å². The fraction of sp³-hybridized carbons (Fsp3) is 0.129. The van der Waals surface area contributed by atoms with Crippen LogP contribution in [0.15, 0.2) is 84.0 Å². The first-order valence-electron chi connectivity index (χ1n) is 13.0. The normalized spacial score (nSPS) is 14.5. The average Bonchev–Trinajstić information content (AvgIpc) is 3.42. The number of morpholine rings is 1. The first-order chi connectivity index (χ1) is 19.6. The molecule has 0 spiro atoms. The summed E-state index contributed by atoms with van der Waals surface area (Å²) < 4.78 is 31.4. The summed E-state index contributed by atoms with van der Waals surface area (Å²) in [5.41, 5.74) is 2.03. The Hall–Kier alpha value is -5.02. The second kappa shape index (κ2) is 8.49. The van der Waals surface area contributed by atoms with Crippen molar-refractivity contribution in [3.63, 3.8) is 0 Å². The fourth-order valence-corrected chi connectivity index (χ4v) is 5.82. The summed E-state index contributed by atoms with van der Waals surface area (Å²) >= 11 is 0. The first kappa shape index (κ1) is 22.9. The maximum absolute atomic E-state index is 16.1. The van der Waals surface area contributed by atoms with Gasteiger partial charge in [0, 0.05) is 24.7 Å². The maximum Gasteiger partial charge on any atom is 0.259 e. The van der Waals surface area contributed by atoms with Gasteiger partial charge in [-0.05, 0) is 29.7 Å². The molecule has 8 rings (SSSR count). The molecule has 0 saturated carbocycles. The predicted molar refractivity (Wildman–Crippen MR) is 148 cm³/mol. The maximum atomic E-state index is 16.1. The third kappa shape index (κ3) is 3.18. The number of ether oxygens (including phenoxy) is 2. The van der Waals surface area contributed by atoms with E-state index in [1.54, 1.807) is 22.0 Å². The molecule has 0 atom stereocenters. The van der Waals surface area contributed by atoms with Crippen LogP contribution in [0.25, 0.3) is 44.1 Å². The first-order valence-corrected chi connectivity index (χ1v) is 13.0. The summed E-state index contributed by atoms with van der Waals surface area (Å²) in [6.45, 7) is 1.56. The Bertz CT molecular complexity index is 2090. The Morgan fingerprint density at radius 1 is 0.900 bits per heavy atom. The SMILES string of the molecule is O=C(c1cn2c3c(c(-n4cnc5ccccc54)c(F)cc3c1=O)Oc1ccc3ccccc3c1-2)N1CCOCC1. The predicted octanol–water partition coefficient (Wildman–Crippen LogP) is 5.20. The van der Waals surface area contributed by atoms with Crippen molar-refractivity contribution in [1.29, 1.82) is 0 Å². The van der Waals surface area contributed by atoms with Crippen molar-refractivity contribution in [2.45, 2.75) is 0 Å². The summed E-state index contributed by atoms with van der Waals surface area (Å²) in [6.07, 6.45) is 3.12. The van der Waals surface area contributed by atoms with Crippen LogP contribution >= 0.6 is 0 Å². The number of nitrogens with zero attached hydrogens (tertiary/aromatic N) is 4. The molecule has 6 aromatic rings. The molecule has 1 amide bonds. The lowest BCUT2D eigenvalue weighted by molar-refractivity contribution is 0.0302. The Morgan fingerprint density at radius 3 is 2.58 bits per heavy atom. The largest absolute Gasteiger partial charge is 0.451 e. The summed E-state index contributed by atoms with van der Waals surface area (Å²) in [5.74, 6) is -0.394. The Kier molecular flexibility index (Phi) is 4.86. The second-order valence-corrected chi connectivity index (χ2v) is 9.92. The van der Waals surface area contributed by atoms with Crippen LogP contribution < -0.4 is 10.2 Å². The fourth-order valence-electron chi connectivity index (χ4n) is 5.82. The van der Waals surface area contributed by atoms with Gasteiger partial charge in [-0.3, -0.25) is 14.2 Å². The summed E-state index contributed by atoms with van der Waals surface area (Å²) in [4.78, 5) is 33.5. The van der Waals surface area contributed by atoms with Crippen molar-refractivity contribution in [3.05, 3.63) is 101 Å². The minimum absolute atomic E-state index is 0.0265. The quantitative estimate of drug-likeness (QED) is 0.306. The minimum atomic E-state index is -0.658. The van der Waals surface area contributed by atoms with E-state index in [4.69, 9.17) is 9.47 Å². The molecule has 2 aliphatic rings. The number of benzene rings is 4. The van der Waals surface area contributed by atoms with Gasteiger partial charge in [-0.1, -0.05) is 42.5 Å². The van der Waals surface area contributed by atoms with Gasteiger partial charge in [-0.25, -0.2) is 9.37 Å². The molecule has 196 valence electrons. The number of pyridine rings is 1. The topological polar surface area (TPSA) is 78.6 Å². The highest BCUT2D eigenvalue weighted by atomic mass is 19.1. The number of hydrogen-bond donors (Lipinski definition) is 0. The van der Waals surface area contributed by atoms with Crippen LogP contribution in [0.2, 0.25) is 0 Å². The smallest absolute Gasteiger partial charge is 0.259 e. The Morgan fingerprint density at radius 2 is 1.70 bits per heavy atom.